The van der Waals surface area contributed by atoms with E-state index in [1.807, 2.05) is 0 Å². The van der Waals surface area contributed by atoms with Crippen molar-refractivity contribution < 1.29 is 13.7 Å². The number of hydrogen-bond acceptors (Lipinski definition) is 6. The fourth-order valence-corrected chi connectivity index (χ4v) is 3.66. The van der Waals surface area contributed by atoms with E-state index in [4.69, 9.17) is 0 Å². The first kappa shape index (κ1) is 19.6. The summed E-state index contributed by atoms with van der Waals surface area (Å²) >= 11 is 1.39. The average Bonchev–Trinajstić information content (AvgIpc) is 3.20. The average molecular weight is 422 g/mol. The lowest BCUT2D eigenvalue weighted by Gasteiger charge is -2.10. The lowest BCUT2D eigenvalue weighted by molar-refractivity contribution is 0.102. The molecular weight excluding hydrogens is 407 g/mol. The first-order chi connectivity index (χ1) is 14.6. The first-order valence-electron chi connectivity index (χ1n) is 8.88. The van der Waals surface area contributed by atoms with Crippen LogP contribution in [0, 0.1) is 5.82 Å². The van der Waals surface area contributed by atoms with Gasteiger partial charge in [0.1, 0.15) is 10.8 Å². The van der Waals surface area contributed by atoms with Crippen molar-refractivity contribution in [1.82, 2.24) is 15.1 Å². The van der Waals surface area contributed by atoms with Crippen LogP contribution in [0.2, 0.25) is 0 Å². The molecule has 2 aromatic heterocycles. The van der Waals surface area contributed by atoms with Gasteiger partial charge in [-0.3, -0.25) is 14.3 Å². The highest BCUT2D eigenvalue weighted by atomic mass is 32.2. The molecule has 0 unspecified atom stereocenters. The van der Waals surface area contributed by atoms with Gasteiger partial charge in [-0.1, -0.05) is 29.4 Å². The van der Waals surface area contributed by atoms with Crippen LogP contribution in [0.5, 0.6) is 0 Å². The number of carbonyl (C=O) groups excluding carboxylic acids is 1. The number of benzene rings is 2. The van der Waals surface area contributed by atoms with Crippen molar-refractivity contribution in [3.8, 4) is 11.4 Å². The summed E-state index contributed by atoms with van der Waals surface area (Å²) in [6, 6.07) is 16.4. The number of thioether (sulfide) groups is 1. The van der Waals surface area contributed by atoms with E-state index in [2.05, 4.69) is 25.0 Å². The second kappa shape index (κ2) is 8.75. The van der Waals surface area contributed by atoms with Gasteiger partial charge < -0.3 is 5.32 Å². The van der Waals surface area contributed by atoms with Crippen LogP contribution in [0.15, 0.2) is 81.2 Å². The molecule has 0 aliphatic rings. The van der Waals surface area contributed by atoms with Gasteiger partial charge in [-0.05, 0) is 42.0 Å². The van der Waals surface area contributed by atoms with Crippen molar-refractivity contribution in [3.05, 3.63) is 94.4 Å². The summed E-state index contributed by atoms with van der Waals surface area (Å²) in [5.74, 6) is -0.452. The maximum absolute atomic E-state index is 13.1. The zero-order chi connectivity index (χ0) is 20.9. The Bertz CT molecular complexity index is 1240. The lowest BCUT2D eigenvalue weighted by atomic mass is 10.2. The Morgan fingerprint density at radius 3 is 2.73 bits per heavy atom. The number of rotatable bonds is 6. The molecule has 150 valence electrons. The summed E-state index contributed by atoms with van der Waals surface area (Å²) in [5, 5.41) is 7.04. The summed E-state index contributed by atoms with van der Waals surface area (Å²) in [5.41, 5.74) is 2.47. The molecule has 1 amide bonds. The molecule has 0 atom stereocenters. The predicted octanol–water partition coefficient (Wildman–Crippen LogP) is 4.11. The van der Waals surface area contributed by atoms with Crippen LogP contribution in [0.1, 0.15) is 15.9 Å². The smallest absolute Gasteiger partial charge is 0.322 e. The van der Waals surface area contributed by atoms with Crippen molar-refractivity contribution in [2.45, 2.75) is 10.8 Å². The highest BCUT2D eigenvalue weighted by Crippen LogP contribution is 2.26. The maximum Gasteiger partial charge on any atom is 0.439 e. The minimum atomic E-state index is -0.655. The Morgan fingerprint density at radius 2 is 1.97 bits per heavy atom. The van der Waals surface area contributed by atoms with E-state index in [1.54, 1.807) is 54.7 Å². The fourth-order valence-electron chi connectivity index (χ4n) is 2.71. The predicted molar refractivity (Wildman–Crippen MR) is 111 cm³/mol. The Balaban J connectivity index is 1.50. The number of halogens is 1. The number of pyridine rings is 1. The zero-order valence-corrected chi connectivity index (χ0v) is 16.3. The van der Waals surface area contributed by atoms with E-state index >= 15 is 0 Å². The number of hydrogen-bond donors (Lipinski definition) is 2. The SMILES string of the molecule is O=C(Nc1cccc(-c2noc(=O)[nH]2)c1)c1cccnc1SCc1ccc(F)cc1. The van der Waals surface area contributed by atoms with Crippen molar-refractivity contribution in [3.63, 3.8) is 0 Å². The van der Waals surface area contributed by atoms with Gasteiger partial charge in [-0.25, -0.2) is 14.2 Å². The molecule has 4 aromatic rings. The summed E-state index contributed by atoms with van der Waals surface area (Å²) in [4.78, 5) is 30.8. The van der Waals surface area contributed by atoms with Gasteiger partial charge in [-0.2, -0.15) is 0 Å². The quantitative estimate of drug-likeness (QED) is 0.454. The molecule has 2 aromatic carbocycles. The minimum Gasteiger partial charge on any atom is -0.322 e. The third-order valence-corrected chi connectivity index (χ3v) is 5.22. The first-order valence-corrected chi connectivity index (χ1v) is 9.87. The van der Waals surface area contributed by atoms with Crippen molar-refractivity contribution in [1.29, 1.82) is 0 Å². The van der Waals surface area contributed by atoms with E-state index in [0.29, 0.717) is 27.6 Å². The molecule has 2 heterocycles. The Labute approximate surface area is 174 Å². The number of aromatic amines is 1. The highest BCUT2D eigenvalue weighted by Gasteiger charge is 2.14. The summed E-state index contributed by atoms with van der Waals surface area (Å²) in [7, 11) is 0. The molecule has 9 heteroatoms. The monoisotopic (exact) mass is 422 g/mol. The van der Waals surface area contributed by atoms with Gasteiger partial charge in [0, 0.05) is 23.2 Å². The van der Waals surface area contributed by atoms with Gasteiger partial charge in [0.05, 0.1) is 5.56 Å². The van der Waals surface area contributed by atoms with Crippen LogP contribution < -0.4 is 11.1 Å². The normalized spacial score (nSPS) is 10.7. The maximum atomic E-state index is 13.1. The Hall–Kier alpha value is -3.72. The van der Waals surface area contributed by atoms with Crippen molar-refractivity contribution in [2.75, 3.05) is 5.32 Å². The van der Waals surface area contributed by atoms with Crippen LogP contribution in [-0.4, -0.2) is 21.0 Å². The molecule has 4 rings (SSSR count). The zero-order valence-electron chi connectivity index (χ0n) is 15.5. The second-order valence-corrected chi connectivity index (χ2v) is 7.21. The minimum absolute atomic E-state index is 0.271. The molecule has 2 N–H and O–H groups in total. The number of aromatic nitrogens is 3. The van der Waals surface area contributed by atoms with Gasteiger partial charge in [-0.15, -0.1) is 11.8 Å². The molecule has 7 nitrogen and oxygen atoms in total. The number of nitrogens with one attached hydrogen (secondary N) is 2. The standard InChI is InChI=1S/C21H15FN4O3S/c22-15-8-6-13(7-9-15)12-30-20-17(5-2-10-23-20)19(27)24-16-4-1-3-14(11-16)18-25-21(28)29-26-18/h1-11H,12H2,(H,24,27)(H,25,26,28). The summed E-state index contributed by atoms with van der Waals surface area (Å²) in [6.07, 6.45) is 1.62. The van der Waals surface area contributed by atoms with Crippen LogP contribution in [0.4, 0.5) is 10.1 Å². The number of amides is 1. The molecule has 0 spiro atoms. The highest BCUT2D eigenvalue weighted by molar-refractivity contribution is 7.98. The second-order valence-electron chi connectivity index (χ2n) is 6.25. The van der Waals surface area contributed by atoms with Crippen LogP contribution in [-0.2, 0) is 5.75 Å². The number of carbonyl (C=O) groups is 1. The molecule has 0 aliphatic heterocycles. The van der Waals surface area contributed by atoms with Crippen LogP contribution in [0.25, 0.3) is 11.4 Å². The molecule has 30 heavy (non-hydrogen) atoms. The fraction of sp³-hybridized carbons (Fsp3) is 0.0476. The van der Waals surface area contributed by atoms with E-state index in [0.717, 1.165) is 5.56 Å². The summed E-state index contributed by atoms with van der Waals surface area (Å²) < 4.78 is 17.6. The van der Waals surface area contributed by atoms with Gasteiger partial charge in [0.25, 0.3) is 5.91 Å². The topological polar surface area (TPSA) is 101 Å². The Kier molecular flexibility index (Phi) is 5.71. The molecule has 0 radical (unpaired) electrons. The van der Waals surface area contributed by atoms with E-state index < -0.39 is 5.76 Å². The number of anilines is 1. The van der Waals surface area contributed by atoms with Gasteiger partial charge in [0.15, 0.2) is 5.82 Å². The molecule has 0 saturated carbocycles. The summed E-state index contributed by atoms with van der Waals surface area (Å²) in [6.45, 7) is 0. The van der Waals surface area contributed by atoms with Crippen LogP contribution in [0.3, 0.4) is 0 Å². The lowest BCUT2D eigenvalue weighted by Crippen LogP contribution is -2.13. The molecule has 0 aliphatic carbocycles. The third kappa shape index (κ3) is 4.64. The van der Waals surface area contributed by atoms with E-state index in [9.17, 15) is 14.0 Å². The van der Waals surface area contributed by atoms with Crippen molar-refractivity contribution >= 4 is 23.4 Å². The third-order valence-electron chi connectivity index (χ3n) is 4.14. The largest absolute Gasteiger partial charge is 0.439 e. The van der Waals surface area contributed by atoms with Gasteiger partial charge in [0.2, 0.25) is 0 Å². The van der Waals surface area contributed by atoms with E-state index in [1.165, 1.54) is 23.9 Å². The van der Waals surface area contributed by atoms with Crippen molar-refractivity contribution in [2.24, 2.45) is 0 Å². The van der Waals surface area contributed by atoms with Gasteiger partial charge >= 0.3 is 5.76 Å². The molecule has 0 fully saturated rings. The van der Waals surface area contributed by atoms with E-state index in [-0.39, 0.29) is 17.5 Å². The molecular formula is C21H15FN4O3S. The number of H-pyrrole nitrogens is 1. The molecule has 0 bridgehead atoms. The Morgan fingerprint density at radius 1 is 1.13 bits per heavy atom. The van der Waals surface area contributed by atoms with Crippen LogP contribution >= 0.6 is 11.8 Å². The molecule has 0 saturated heterocycles. The number of nitrogens with zero attached hydrogens (tertiary/aromatic N) is 2.